The Morgan fingerprint density at radius 3 is 3.09 bits per heavy atom. The van der Waals surface area contributed by atoms with Crippen LogP contribution in [-0.2, 0) is 0 Å². The van der Waals surface area contributed by atoms with Gasteiger partial charge in [0, 0.05) is 18.1 Å². The molecule has 0 bridgehead atoms. The van der Waals surface area contributed by atoms with Crippen LogP contribution in [0.1, 0.15) is 27.9 Å². The molecule has 0 saturated carbocycles. The van der Waals surface area contributed by atoms with Crippen molar-refractivity contribution < 1.29 is 9.21 Å². The fraction of sp³-hybridized carbons (Fsp3) is 0.312. The van der Waals surface area contributed by atoms with E-state index in [2.05, 4.69) is 15.4 Å². The second-order valence-corrected chi connectivity index (χ2v) is 6.68. The maximum atomic E-state index is 13.1. The highest BCUT2D eigenvalue weighted by atomic mass is 32.2. The van der Waals surface area contributed by atoms with Gasteiger partial charge in [-0.3, -0.25) is 4.79 Å². The number of hydrogen-bond acceptors (Lipinski definition) is 5. The molecule has 6 nitrogen and oxygen atoms in total. The number of carbonyl (C=O) groups excluding carboxylic acids is 1. The summed E-state index contributed by atoms with van der Waals surface area (Å²) in [5, 5.41) is 10.8. The molecule has 3 aromatic rings. The number of nitrogens with one attached hydrogen (secondary N) is 1. The topological polar surface area (TPSA) is 75.0 Å². The lowest BCUT2D eigenvalue weighted by Gasteiger charge is -2.34. The van der Waals surface area contributed by atoms with E-state index in [1.807, 2.05) is 47.9 Å². The van der Waals surface area contributed by atoms with Gasteiger partial charge in [-0.05, 0) is 31.2 Å². The van der Waals surface area contributed by atoms with Crippen LogP contribution in [0.2, 0.25) is 0 Å². The molecule has 1 fully saturated rings. The molecule has 1 atom stereocenters. The lowest BCUT2D eigenvalue weighted by atomic mass is 10.1. The van der Waals surface area contributed by atoms with Crippen LogP contribution >= 0.6 is 11.8 Å². The highest BCUT2D eigenvalue weighted by molar-refractivity contribution is 7.99. The summed E-state index contributed by atoms with van der Waals surface area (Å²) < 4.78 is 5.77. The highest BCUT2D eigenvalue weighted by Crippen LogP contribution is 2.32. The van der Waals surface area contributed by atoms with Gasteiger partial charge >= 0.3 is 0 Å². The van der Waals surface area contributed by atoms with E-state index < -0.39 is 0 Å². The molecular weight excluding hydrogens is 312 g/mol. The number of thioether (sulfide) groups is 1. The van der Waals surface area contributed by atoms with E-state index >= 15 is 0 Å². The van der Waals surface area contributed by atoms with Gasteiger partial charge in [-0.1, -0.05) is 6.07 Å². The van der Waals surface area contributed by atoms with Crippen molar-refractivity contribution in [3.05, 3.63) is 47.4 Å². The molecule has 0 spiro atoms. The van der Waals surface area contributed by atoms with Gasteiger partial charge in [0.2, 0.25) is 0 Å². The Kier molecular flexibility index (Phi) is 3.57. The lowest BCUT2D eigenvalue weighted by molar-refractivity contribution is 0.0683. The summed E-state index contributed by atoms with van der Waals surface area (Å²) >= 11 is 1.84. The van der Waals surface area contributed by atoms with E-state index in [1.165, 1.54) is 0 Å². The molecule has 2 aromatic heterocycles. The molecule has 1 amide bonds. The first-order valence-electron chi connectivity index (χ1n) is 7.48. The van der Waals surface area contributed by atoms with E-state index in [1.54, 1.807) is 6.07 Å². The Bertz CT molecular complexity index is 857. The van der Waals surface area contributed by atoms with E-state index in [-0.39, 0.29) is 11.9 Å². The van der Waals surface area contributed by atoms with E-state index in [0.717, 1.165) is 23.0 Å². The molecule has 23 heavy (non-hydrogen) atoms. The monoisotopic (exact) mass is 328 g/mol. The Balaban J connectivity index is 1.72. The number of fused-ring (bicyclic) bond motifs is 1. The van der Waals surface area contributed by atoms with Crippen LogP contribution < -0.4 is 0 Å². The Morgan fingerprint density at radius 1 is 1.35 bits per heavy atom. The first-order valence-corrected chi connectivity index (χ1v) is 8.64. The number of rotatable bonds is 2. The predicted octanol–water partition coefficient (Wildman–Crippen LogP) is 2.79. The summed E-state index contributed by atoms with van der Waals surface area (Å²) in [6, 6.07) is 9.34. The molecule has 0 radical (unpaired) electrons. The third-order valence-electron chi connectivity index (χ3n) is 4.06. The van der Waals surface area contributed by atoms with Crippen molar-refractivity contribution in [3.63, 3.8) is 0 Å². The van der Waals surface area contributed by atoms with E-state index in [4.69, 9.17) is 4.42 Å². The van der Waals surface area contributed by atoms with Gasteiger partial charge in [0.25, 0.3) is 5.91 Å². The van der Waals surface area contributed by atoms with Crippen LogP contribution in [0.5, 0.6) is 0 Å². The minimum absolute atomic E-state index is 0.0242. The number of aromatic amines is 1. The lowest BCUT2D eigenvalue weighted by Crippen LogP contribution is -2.40. The number of hydrogen-bond donors (Lipinski definition) is 1. The first-order chi connectivity index (χ1) is 11.2. The highest BCUT2D eigenvalue weighted by Gasteiger charge is 2.32. The van der Waals surface area contributed by atoms with Crippen molar-refractivity contribution in [2.75, 3.05) is 18.1 Å². The minimum atomic E-state index is -0.0443. The molecule has 0 aliphatic carbocycles. The van der Waals surface area contributed by atoms with Crippen LogP contribution in [0.3, 0.4) is 0 Å². The number of aromatic nitrogens is 3. The van der Waals surface area contributed by atoms with Crippen molar-refractivity contribution >= 4 is 28.7 Å². The van der Waals surface area contributed by atoms with Gasteiger partial charge in [-0.2, -0.15) is 27.2 Å². The zero-order valence-electron chi connectivity index (χ0n) is 12.7. The Hall–Kier alpha value is -2.28. The number of para-hydroxylation sites is 1. The molecule has 1 aromatic carbocycles. The van der Waals surface area contributed by atoms with Crippen LogP contribution in [0, 0.1) is 6.92 Å². The molecular formula is C16H16N4O2S. The minimum Gasteiger partial charge on any atom is -0.464 e. The van der Waals surface area contributed by atoms with Gasteiger partial charge < -0.3 is 9.32 Å². The van der Waals surface area contributed by atoms with Crippen LogP contribution in [0.25, 0.3) is 11.0 Å². The molecule has 1 aliphatic heterocycles. The van der Waals surface area contributed by atoms with Crippen molar-refractivity contribution in [1.29, 1.82) is 0 Å². The standard InChI is InChI=1S/C16H16N4O2S/c1-10-5-6-14(22-10)13-9-23-8-7-20(13)16(21)11-3-2-4-12-15(11)18-19-17-12/h2-6,13H,7-9H2,1H3,(H,17,18,19)/t13-/m0/s1. The number of nitrogens with zero attached hydrogens (tertiary/aromatic N) is 3. The number of benzene rings is 1. The number of aryl methyl sites for hydroxylation is 1. The van der Waals surface area contributed by atoms with E-state index in [9.17, 15) is 4.79 Å². The molecule has 118 valence electrons. The fourth-order valence-corrected chi connectivity index (χ4v) is 3.97. The second-order valence-electron chi connectivity index (χ2n) is 5.53. The average Bonchev–Trinajstić information content (AvgIpc) is 3.22. The number of amides is 1. The number of carbonyl (C=O) groups is 1. The Morgan fingerprint density at radius 2 is 2.26 bits per heavy atom. The van der Waals surface area contributed by atoms with E-state index in [0.29, 0.717) is 23.1 Å². The fourth-order valence-electron chi connectivity index (χ4n) is 2.91. The molecule has 1 N–H and O–H groups in total. The SMILES string of the molecule is Cc1ccc([C@@H]2CSCCN2C(=O)c2cccc3n[nH]nc23)o1. The first kappa shape index (κ1) is 14.3. The largest absolute Gasteiger partial charge is 0.464 e. The molecule has 4 rings (SSSR count). The molecule has 0 unspecified atom stereocenters. The van der Waals surface area contributed by atoms with Crippen molar-refractivity contribution in [3.8, 4) is 0 Å². The molecule has 1 saturated heterocycles. The summed E-state index contributed by atoms with van der Waals surface area (Å²) in [7, 11) is 0. The second kappa shape index (κ2) is 5.73. The average molecular weight is 328 g/mol. The van der Waals surface area contributed by atoms with Gasteiger partial charge in [0.1, 0.15) is 22.6 Å². The van der Waals surface area contributed by atoms with Gasteiger partial charge in [-0.25, -0.2) is 0 Å². The quantitative estimate of drug-likeness (QED) is 0.783. The van der Waals surface area contributed by atoms with Gasteiger partial charge in [0.05, 0.1) is 11.6 Å². The zero-order valence-corrected chi connectivity index (χ0v) is 13.5. The Labute approximate surface area is 137 Å². The summed E-state index contributed by atoms with van der Waals surface area (Å²) in [6.07, 6.45) is 0. The number of furan rings is 1. The third kappa shape index (κ3) is 2.50. The summed E-state index contributed by atoms with van der Waals surface area (Å²) in [6.45, 7) is 2.61. The molecule has 7 heteroatoms. The molecule has 1 aliphatic rings. The van der Waals surface area contributed by atoms with Crippen molar-refractivity contribution in [2.45, 2.75) is 13.0 Å². The zero-order chi connectivity index (χ0) is 15.8. The van der Waals surface area contributed by atoms with Crippen LogP contribution in [0.15, 0.2) is 34.7 Å². The van der Waals surface area contributed by atoms with Crippen LogP contribution in [-0.4, -0.2) is 44.3 Å². The smallest absolute Gasteiger partial charge is 0.256 e. The van der Waals surface area contributed by atoms with Gasteiger partial charge in [-0.15, -0.1) is 0 Å². The normalized spacial score (nSPS) is 18.5. The predicted molar refractivity (Wildman–Crippen MR) is 88.4 cm³/mol. The summed E-state index contributed by atoms with van der Waals surface area (Å²) in [5.41, 5.74) is 1.90. The number of H-pyrrole nitrogens is 1. The van der Waals surface area contributed by atoms with Gasteiger partial charge in [0.15, 0.2) is 0 Å². The van der Waals surface area contributed by atoms with Crippen LogP contribution in [0.4, 0.5) is 0 Å². The summed E-state index contributed by atoms with van der Waals surface area (Å²) in [4.78, 5) is 15.0. The van der Waals surface area contributed by atoms with Crippen molar-refractivity contribution in [1.82, 2.24) is 20.3 Å². The maximum Gasteiger partial charge on any atom is 0.256 e. The summed E-state index contributed by atoms with van der Waals surface area (Å²) in [5.74, 6) is 3.45. The third-order valence-corrected chi connectivity index (χ3v) is 5.08. The van der Waals surface area contributed by atoms with Crippen molar-refractivity contribution in [2.24, 2.45) is 0 Å². The maximum absolute atomic E-state index is 13.1. The molecule has 3 heterocycles.